The van der Waals surface area contributed by atoms with Gasteiger partial charge >= 0.3 is 0 Å². The number of hydrogen-bond donors (Lipinski definition) is 2. The molecule has 0 amide bonds. The van der Waals surface area contributed by atoms with Crippen LogP contribution >= 0.6 is 0 Å². The van der Waals surface area contributed by atoms with E-state index in [4.69, 9.17) is 5.73 Å². The molecule has 3 rings (SSSR count). The Labute approximate surface area is 134 Å². The Balaban J connectivity index is 1.78. The number of hydrogen-bond acceptors (Lipinski definition) is 5. The zero-order chi connectivity index (χ0) is 16.4. The molecule has 6 nitrogen and oxygen atoms in total. The maximum atomic E-state index is 11.4. The van der Waals surface area contributed by atoms with Crippen molar-refractivity contribution in [3.63, 3.8) is 0 Å². The highest BCUT2D eigenvalue weighted by Gasteiger charge is 2.09. The van der Waals surface area contributed by atoms with Crippen molar-refractivity contribution in [3.05, 3.63) is 59.9 Å². The molecule has 0 bridgehead atoms. The maximum absolute atomic E-state index is 11.4. The average Bonchev–Trinajstić information content (AvgIpc) is 2.96. The zero-order valence-corrected chi connectivity index (χ0v) is 13.3. The Morgan fingerprint density at radius 3 is 2.30 bits per heavy atom. The van der Waals surface area contributed by atoms with E-state index in [0.717, 1.165) is 11.1 Å². The van der Waals surface area contributed by atoms with Gasteiger partial charge < -0.3 is 5.73 Å². The monoisotopic (exact) mass is 328 g/mol. The lowest BCUT2D eigenvalue weighted by atomic mass is 10.1. The normalized spacial score (nSPS) is 11.5. The largest absolute Gasteiger partial charge is 0.399 e. The van der Waals surface area contributed by atoms with Gasteiger partial charge in [0.05, 0.1) is 4.90 Å². The Morgan fingerprint density at radius 2 is 1.70 bits per heavy atom. The van der Waals surface area contributed by atoms with Crippen LogP contribution in [0.3, 0.4) is 0 Å². The van der Waals surface area contributed by atoms with E-state index in [9.17, 15) is 8.42 Å². The summed E-state index contributed by atoms with van der Waals surface area (Å²) in [4.78, 5) is 4.76. The smallest absolute Gasteiger partial charge is 0.181 e. The second-order valence-corrected chi connectivity index (χ2v) is 7.34. The molecule has 0 saturated heterocycles. The lowest BCUT2D eigenvalue weighted by Crippen LogP contribution is -1.97. The van der Waals surface area contributed by atoms with E-state index < -0.39 is 9.84 Å². The van der Waals surface area contributed by atoms with Gasteiger partial charge in [-0.1, -0.05) is 12.1 Å². The van der Waals surface area contributed by atoms with E-state index in [-0.39, 0.29) is 0 Å². The SMILES string of the molecule is CS(=O)(=O)c1ccc(Cc2nc(-c3ccc(N)cc3)n[nH]2)cc1. The number of aromatic nitrogens is 3. The molecular weight excluding hydrogens is 312 g/mol. The third kappa shape index (κ3) is 3.57. The van der Waals surface area contributed by atoms with Crippen molar-refractivity contribution in [2.45, 2.75) is 11.3 Å². The first-order chi connectivity index (χ1) is 10.9. The molecule has 7 heteroatoms. The minimum absolute atomic E-state index is 0.307. The predicted octanol–water partition coefficient (Wildman–Crippen LogP) is 2.05. The van der Waals surface area contributed by atoms with E-state index in [2.05, 4.69) is 15.2 Å². The molecule has 118 valence electrons. The molecular formula is C16H16N4O2S. The second-order valence-electron chi connectivity index (χ2n) is 5.32. The number of benzene rings is 2. The lowest BCUT2D eigenvalue weighted by Gasteiger charge is -2.01. The van der Waals surface area contributed by atoms with Crippen LogP contribution in [0.2, 0.25) is 0 Å². The molecule has 1 aromatic heterocycles. The summed E-state index contributed by atoms with van der Waals surface area (Å²) in [6.07, 6.45) is 1.74. The molecule has 0 aliphatic rings. The molecule has 0 radical (unpaired) electrons. The van der Waals surface area contributed by atoms with Crippen LogP contribution in [-0.4, -0.2) is 29.9 Å². The Hall–Kier alpha value is -2.67. The molecule has 0 unspecified atom stereocenters. The topological polar surface area (TPSA) is 102 Å². The number of nitrogens with zero attached hydrogens (tertiary/aromatic N) is 2. The second kappa shape index (κ2) is 5.85. The summed E-state index contributed by atoms with van der Waals surface area (Å²) in [5.41, 5.74) is 8.19. The number of nitrogen functional groups attached to an aromatic ring is 1. The van der Waals surface area contributed by atoms with Gasteiger partial charge in [-0.25, -0.2) is 13.4 Å². The zero-order valence-electron chi connectivity index (χ0n) is 12.5. The molecule has 1 heterocycles. The molecule has 0 aliphatic heterocycles. The molecule has 0 aliphatic carbocycles. The quantitative estimate of drug-likeness (QED) is 0.714. The highest BCUT2D eigenvalue weighted by atomic mass is 32.2. The van der Waals surface area contributed by atoms with E-state index in [1.165, 1.54) is 6.26 Å². The van der Waals surface area contributed by atoms with Gasteiger partial charge in [0.15, 0.2) is 15.7 Å². The van der Waals surface area contributed by atoms with Crippen LogP contribution in [0.15, 0.2) is 53.4 Å². The third-order valence-electron chi connectivity index (χ3n) is 3.42. The highest BCUT2D eigenvalue weighted by molar-refractivity contribution is 7.90. The Kier molecular flexibility index (Phi) is 3.87. The molecule has 0 saturated carbocycles. The average molecular weight is 328 g/mol. The summed E-state index contributed by atoms with van der Waals surface area (Å²) in [6.45, 7) is 0. The number of anilines is 1. The van der Waals surface area contributed by atoms with Crippen LogP contribution in [0.5, 0.6) is 0 Å². The van der Waals surface area contributed by atoms with Crippen molar-refractivity contribution in [3.8, 4) is 11.4 Å². The summed E-state index contributed by atoms with van der Waals surface area (Å²) in [7, 11) is -3.17. The number of H-pyrrole nitrogens is 1. The fraction of sp³-hybridized carbons (Fsp3) is 0.125. The summed E-state index contributed by atoms with van der Waals surface area (Å²) >= 11 is 0. The van der Waals surface area contributed by atoms with Gasteiger partial charge in [-0.05, 0) is 42.0 Å². The van der Waals surface area contributed by atoms with Crippen molar-refractivity contribution in [1.82, 2.24) is 15.2 Å². The number of nitrogens with two attached hydrogens (primary N) is 1. The lowest BCUT2D eigenvalue weighted by molar-refractivity contribution is 0.602. The van der Waals surface area contributed by atoms with Crippen molar-refractivity contribution >= 4 is 15.5 Å². The van der Waals surface area contributed by atoms with Gasteiger partial charge in [-0.15, -0.1) is 0 Å². The van der Waals surface area contributed by atoms with E-state index in [1.807, 2.05) is 12.1 Å². The van der Waals surface area contributed by atoms with Crippen LogP contribution in [-0.2, 0) is 16.3 Å². The number of nitrogens with one attached hydrogen (secondary N) is 1. The summed E-state index contributed by atoms with van der Waals surface area (Å²) < 4.78 is 22.9. The van der Waals surface area contributed by atoms with Crippen LogP contribution in [0.25, 0.3) is 11.4 Å². The van der Waals surface area contributed by atoms with Crippen LogP contribution in [0, 0.1) is 0 Å². The molecule has 0 spiro atoms. The van der Waals surface area contributed by atoms with Gasteiger partial charge in [0, 0.05) is 23.9 Å². The Morgan fingerprint density at radius 1 is 1.04 bits per heavy atom. The standard InChI is InChI=1S/C16H16N4O2S/c1-23(21,22)14-8-2-11(3-9-14)10-15-18-16(20-19-15)12-4-6-13(17)7-5-12/h2-9H,10,17H2,1H3,(H,18,19,20). The molecule has 0 atom stereocenters. The van der Waals surface area contributed by atoms with Gasteiger partial charge in [-0.2, -0.15) is 5.10 Å². The first-order valence-electron chi connectivity index (χ1n) is 6.98. The molecule has 0 fully saturated rings. The highest BCUT2D eigenvalue weighted by Crippen LogP contribution is 2.18. The van der Waals surface area contributed by atoms with Crippen molar-refractivity contribution in [1.29, 1.82) is 0 Å². The van der Waals surface area contributed by atoms with Gasteiger partial charge in [0.1, 0.15) is 5.82 Å². The fourth-order valence-electron chi connectivity index (χ4n) is 2.18. The summed E-state index contributed by atoms with van der Waals surface area (Å²) in [5, 5.41) is 7.10. The number of rotatable bonds is 4. The van der Waals surface area contributed by atoms with Crippen LogP contribution in [0.1, 0.15) is 11.4 Å². The van der Waals surface area contributed by atoms with Crippen LogP contribution < -0.4 is 5.73 Å². The first kappa shape index (κ1) is 15.2. The van der Waals surface area contributed by atoms with Crippen molar-refractivity contribution in [2.24, 2.45) is 0 Å². The van der Waals surface area contributed by atoms with Gasteiger partial charge in [0.2, 0.25) is 0 Å². The van der Waals surface area contributed by atoms with E-state index in [0.29, 0.717) is 28.7 Å². The minimum atomic E-state index is -3.17. The molecule has 23 heavy (non-hydrogen) atoms. The molecule has 3 N–H and O–H groups in total. The Bertz CT molecular complexity index is 913. The minimum Gasteiger partial charge on any atom is -0.399 e. The predicted molar refractivity (Wildman–Crippen MR) is 88.6 cm³/mol. The van der Waals surface area contributed by atoms with E-state index in [1.54, 1.807) is 36.4 Å². The van der Waals surface area contributed by atoms with Crippen molar-refractivity contribution in [2.75, 3.05) is 12.0 Å². The third-order valence-corrected chi connectivity index (χ3v) is 4.55. The summed E-state index contributed by atoms with van der Waals surface area (Å²) in [6, 6.07) is 14.1. The van der Waals surface area contributed by atoms with Crippen LogP contribution in [0.4, 0.5) is 5.69 Å². The maximum Gasteiger partial charge on any atom is 0.181 e. The van der Waals surface area contributed by atoms with E-state index >= 15 is 0 Å². The molecule has 3 aromatic rings. The number of sulfone groups is 1. The van der Waals surface area contributed by atoms with Crippen molar-refractivity contribution < 1.29 is 8.42 Å². The summed E-state index contributed by atoms with van der Waals surface area (Å²) in [5.74, 6) is 1.32. The number of aromatic amines is 1. The molecule has 2 aromatic carbocycles. The first-order valence-corrected chi connectivity index (χ1v) is 8.87. The van der Waals surface area contributed by atoms with Gasteiger partial charge in [-0.3, -0.25) is 5.10 Å². The van der Waals surface area contributed by atoms with Gasteiger partial charge in [0.25, 0.3) is 0 Å². The fourth-order valence-corrected chi connectivity index (χ4v) is 2.81.